The Morgan fingerprint density at radius 1 is 1.25 bits per heavy atom. The van der Waals surface area contributed by atoms with Gasteiger partial charge in [-0.1, -0.05) is 11.6 Å². The number of aryl methyl sites for hydroxylation is 1. The molecule has 6 heteroatoms. The number of benzene rings is 1. The van der Waals surface area contributed by atoms with Gasteiger partial charge in [0.05, 0.1) is 10.7 Å². The van der Waals surface area contributed by atoms with Crippen LogP contribution in [0.25, 0.3) is 11.3 Å². The van der Waals surface area contributed by atoms with Crippen molar-refractivity contribution in [3.8, 4) is 17.0 Å². The van der Waals surface area contributed by atoms with E-state index in [0.717, 1.165) is 11.1 Å². The zero-order valence-corrected chi connectivity index (χ0v) is 12.4. The highest BCUT2D eigenvalue weighted by molar-refractivity contribution is 6.33. The molecule has 1 aromatic carbocycles. The smallest absolute Gasteiger partial charge is 0.356 e. The zero-order chi connectivity index (χ0) is 15.2. The van der Waals surface area contributed by atoms with Crippen molar-refractivity contribution in [3.63, 3.8) is 0 Å². The van der Waals surface area contributed by atoms with Crippen LogP contribution in [0.15, 0.2) is 6.07 Å². The second-order valence-corrected chi connectivity index (χ2v) is 5.13. The summed E-state index contributed by atoms with van der Waals surface area (Å²) in [5.74, 6) is -1.02. The lowest BCUT2D eigenvalue weighted by molar-refractivity contribution is 0.0689. The average Bonchev–Trinajstić information content (AvgIpc) is 2.77. The number of carboxylic acids is 1. The number of halogens is 1. The molecule has 2 aromatic rings. The van der Waals surface area contributed by atoms with Gasteiger partial charge in [0.1, 0.15) is 5.75 Å². The van der Waals surface area contributed by atoms with E-state index in [1.54, 1.807) is 20.9 Å². The lowest BCUT2D eigenvalue weighted by Crippen LogP contribution is -2.01. The third-order valence-electron chi connectivity index (χ3n) is 3.56. The molecule has 0 aliphatic rings. The molecule has 20 heavy (non-hydrogen) atoms. The minimum Gasteiger partial charge on any atom is -0.506 e. The van der Waals surface area contributed by atoms with Crippen molar-refractivity contribution in [1.29, 1.82) is 0 Å². The molecule has 0 unspecified atom stereocenters. The van der Waals surface area contributed by atoms with Crippen LogP contribution < -0.4 is 0 Å². The monoisotopic (exact) mass is 294 g/mol. The van der Waals surface area contributed by atoms with E-state index in [1.165, 1.54) is 10.7 Å². The Labute approximate surface area is 121 Å². The second kappa shape index (κ2) is 4.83. The Bertz CT molecular complexity index is 691. The lowest BCUT2D eigenvalue weighted by atomic mass is 9.94. The summed E-state index contributed by atoms with van der Waals surface area (Å²) in [6, 6.07) is 1.50. The summed E-state index contributed by atoms with van der Waals surface area (Å²) in [6.07, 6.45) is 0. The van der Waals surface area contributed by atoms with Gasteiger partial charge in [-0.3, -0.25) is 4.68 Å². The van der Waals surface area contributed by atoms with Crippen LogP contribution in [-0.4, -0.2) is 26.0 Å². The third kappa shape index (κ3) is 2.04. The van der Waals surface area contributed by atoms with Gasteiger partial charge in [0, 0.05) is 12.6 Å². The van der Waals surface area contributed by atoms with E-state index in [0.29, 0.717) is 16.8 Å². The molecule has 0 saturated carbocycles. The molecule has 0 saturated heterocycles. The predicted molar refractivity (Wildman–Crippen MR) is 76.5 cm³/mol. The highest BCUT2D eigenvalue weighted by atomic mass is 35.5. The quantitative estimate of drug-likeness (QED) is 0.892. The number of aromatic carboxylic acids is 1. The van der Waals surface area contributed by atoms with E-state index in [-0.39, 0.29) is 16.5 Å². The molecule has 0 radical (unpaired) electrons. The van der Waals surface area contributed by atoms with Gasteiger partial charge in [0.2, 0.25) is 0 Å². The van der Waals surface area contributed by atoms with Crippen LogP contribution in [0.1, 0.15) is 27.2 Å². The van der Waals surface area contributed by atoms with Crippen LogP contribution in [-0.2, 0) is 7.05 Å². The standard InChI is InChI=1S/C14H15ClN2O3/c1-6-7(2)13(18)12(15)8(3)11(6)10-5-9(14(19)20)16-17(10)4/h5,18H,1-4H3,(H,19,20). The molecule has 5 nitrogen and oxygen atoms in total. The molecule has 0 aliphatic heterocycles. The minimum atomic E-state index is -1.08. The maximum atomic E-state index is 11.0. The molecule has 2 N–H and O–H groups in total. The first-order valence-corrected chi connectivity index (χ1v) is 6.39. The Morgan fingerprint density at radius 2 is 1.85 bits per heavy atom. The summed E-state index contributed by atoms with van der Waals surface area (Å²) in [7, 11) is 1.68. The number of phenolic OH excluding ortho intramolecular Hbond substituents is 1. The number of carboxylic acid groups (broad SMARTS) is 1. The van der Waals surface area contributed by atoms with Crippen molar-refractivity contribution >= 4 is 17.6 Å². The number of hydrogen-bond donors (Lipinski definition) is 2. The summed E-state index contributed by atoms with van der Waals surface area (Å²) < 4.78 is 1.51. The van der Waals surface area contributed by atoms with Gasteiger partial charge in [-0.2, -0.15) is 5.10 Å². The van der Waals surface area contributed by atoms with E-state index in [9.17, 15) is 9.90 Å². The molecule has 0 aliphatic carbocycles. The summed E-state index contributed by atoms with van der Waals surface area (Å²) in [6.45, 7) is 5.42. The summed E-state index contributed by atoms with van der Waals surface area (Å²) in [4.78, 5) is 11.0. The average molecular weight is 295 g/mol. The fourth-order valence-electron chi connectivity index (χ4n) is 2.29. The van der Waals surface area contributed by atoms with E-state index in [1.807, 2.05) is 6.92 Å². The van der Waals surface area contributed by atoms with Crippen molar-refractivity contribution in [2.45, 2.75) is 20.8 Å². The number of nitrogens with zero attached hydrogens (tertiary/aromatic N) is 2. The molecule has 1 heterocycles. The molecule has 106 valence electrons. The maximum absolute atomic E-state index is 11.0. The van der Waals surface area contributed by atoms with Crippen molar-refractivity contribution in [3.05, 3.63) is 33.5 Å². The topological polar surface area (TPSA) is 75.3 Å². The third-order valence-corrected chi connectivity index (χ3v) is 4.02. The minimum absolute atomic E-state index is 0.0249. The van der Waals surface area contributed by atoms with Gasteiger partial charge in [-0.05, 0) is 43.5 Å². The van der Waals surface area contributed by atoms with E-state index < -0.39 is 5.97 Å². The van der Waals surface area contributed by atoms with E-state index in [2.05, 4.69) is 5.10 Å². The van der Waals surface area contributed by atoms with Gasteiger partial charge in [0.15, 0.2) is 5.69 Å². The molecule has 0 amide bonds. The van der Waals surface area contributed by atoms with Crippen molar-refractivity contribution < 1.29 is 15.0 Å². The largest absolute Gasteiger partial charge is 0.506 e. The molecule has 0 fully saturated rings. The number of rotatable bonds is 2. The van der Waals surface area contributed by atoms with Gasteiger partial charge in [-0.15, -0.1) is 0 Å². The number of aromatic hydroxyl groups is 1. The Hall–Kier alpha value is -2.01. The molecule has 0 spiro atoms. The molecule has 0 bridgehead atoms. The molecule has 0 atom stereocenters. The second-order valence-electron chi connectivity index (χ2n) is 4.76. The van der Waals surface area contributed by atoms with Crippen LogP contribution >= 0.6 is 11.6 Å². The molecular formula is C14H15ClN2O3. The molecular weight excluding hydrogens is 280 g/mol. The van der Waals surface area contributed by atoms with Crippen molar-refractivity contribution in [2.24, 2.45) is 7.05 Å². The maximum Gasteiger partial charge on any atom is 0.356 e. The van der Waals surface area contributed by atoms with Gasteiger partial charge >= 0.3 is 5.97 Å². The summed E-state index contributed by atoms with van der Waals surface area (Å²) in [5.41, 5.74) is 3.66. The SMILES string of the molecule is Cc1c(C)c(-c2cc(C(=O)O)nn2C)c(C)c(Cl)c1O. The van der Waals surface area contributed by atoms with Crippen LogP contribution in [0, 0.1) is 20.8 Å². The van der Waals surface area contributed by atoms with Gasteiger partial charge in [0.25, 0.3) is 0 Å². The highest BCUT2D eigenvalue weighted by Gasteiger charge is 2.21. The first kappa shape index (κ1) is 14.4. The number of phenols is 1. The number of carbonyl (C=O) groups is 1. The Balaban J connectivity index is 2.80. The van der Waals surface area contributed by atoms with Gasteiger partial charge < -0.3 is 10.2 Å². The summed E-state index contributed by atoms with van der Waals surface area (Å²) in [5, 5.41) is 23.2. The van der Waals surface area contributed by atoms with Crippen LogP contribution in [0.4, 0.5) is 0 Å². The van der Waals surface area contributed by atoms with Gasteiger partial charge in [-0.25, -0.2) is 4.79 Å². The van der Waals surface area contributed by atoms with Crippen molar-refractivity contribution in [2.75, 3.05) is 0 Å². The number of aromatic nitrogens is 2. The molecule has 1 aromatic heterocycles. The van der Waals surface area contributed by atoms with Crippen LogP contribution in [0.5, 0.6) is 5.75 Å². The predicted octanol–water partition coefficient (Wildman–Crippen LogP) is 3.07. The Kier molecular flexibility index (Phi) is 3.48. The zero-order valence-electron chi connectivity index (χ0n) is 11.7. The van der Waals surface area contributed by atoms with E-state index >= 15 is 0 Å². The fraction of sp³-hybridized carbons (Fsp3) is 0.286. The Morgan fingerprint density at radius 3 is 2.35 bits per heavy atom. The number of hydrogen-bond acceptors (Lipinski definition) is 3. The van der Waals surface area contributed by atoms with Crippen LogP contribution in [0.3, 0.4) is 0 Å². The van der Waals surface area contributed by atoms with E-state index in [4.69, 9.17) is 16.7 Å². The summed E-state index contributed by atoms with van der Waals surface area (Å²) >= 11 is 6.14. The lowest BCUT2D eigenvalue weighted by Gasteiger charge is -2.16. The highest BCUT2D eigenvalue weighted by Crippen LogP contribution is 2.40. The fourth-order valence-corrected chi connectivity index (χ4v) is 2.52. The van der Waals surface area contributed by atoms with Crippen LogP contribution in [0.2, 0.25) is 5.02 Å². The van der Waals surface area contributed by atoms with Crippen molar-refractivity contribution in [1.82, 2.24) is 9.78 Å². The first-order valence-electron chi connectivity index (χ1n) is 6.01. The molecule has 2 rings (SSSR count). The normalized spacial score (nSPS) is 10.8. The first-order chi connectivity index (χ1) is 9.25.